The Morgan fingerprint density at radius 2 is 1.62 bits per heavy atom. The van der Waals surface area contributed by atoms with E-state index in [1.807, 2.05) is 36.4 Å². The van der Waals surface area contributed by atoms with Crippen LogP contribution in [0.25, 0.3) is 0 Å². The summed E-state index contributed by atoms with van der Waals surface area (Å²) in [7, 11) is 4.76. The summed E-state index contributed by atoms with van der Waals surface area (Å²) in [5.74, 6) is 1.48. The number of hydrogen-bond donors (Lipinski definition) is 2. The fourth-order valence-electron chi connectivity index (χ4n) is 2.44. The molecule has 0 aliphatic carbocycles. The van der Waals surface area contributed by atoms with Gasteiger partial charge in [-0.1, -0.05) is 12.1 Å². The van der Waals surface area contributed by atoms with E-state index in [9.17, 15) is 4.79 Å². The van der Waals surface area contributed by atoms with Crippen LogP contribution in [0, 0.1) is 0 Å². The maximum Gasteiger partial charge on any atom is 0.221 e. The van der Waals surface area contributed by atoms with E-state index in [0.29, 0.717) is 23.8 Å². The lowest BCUT2D eigenvalue weighted by Crippen LogP contribution is -2.13. The molecule has 0 aliphatic heterocycles. The Bertz CT molecular complexity index is 699. The van der Waals surface area contributed by atoms with Crippen molar-refractivity contribution in [3.63, 3.8) is 0 Å². The number of rotatable bonds is 8. The monoisotopic (exact) mass is 330 g/mol. The predicted octanol–water partition coefficient (Wildman–Crippen LogP) is 2.35. The Hall–Kier alpha value is -2.89. The van der Waals surface area contributed by atoms with Crippen LogP contribution in [0.15, 0.2) is 36.4 Å². The molecule has 0 unspecified atom stereocenters. The molecule has 0 radical (unpaired) electrons. The summed E-state index contributed by atoms with van der Waals surface area (Å²) in [4.78, 5) is 10.9. The topological polar surface area (TPSA) is 82.8 Å². The highest BCUT2D eigenvalue weighted by atomic mass is 16.5. The van der Waals surface area contributed by atoms with Gasteiger partial charge in [-0.25, -0.2) is 0 Å². The molecule has 0 spiro atoms. The second kappa shape index (κ2) is 8.10. The molecule has 0 bridgehead atoms. The molecular weight excluding hydrogens is 308 g/mol. The molecule has 2 aromatic rings. The van der Waals surface area contributed by atoms with Crippen LogP contribution in [-0.2, 0) is 17.8 Å². The molecule has 24 heavy (non-hydrogen) atoms. The first-order valence-electron chi connectivity index (χ1n) is 7.48. The third kappa shape index (κ3) is 4.10. The Morgan fingerprint density at radius 1 is 0.958 bits per heavy atom. The third-order valence-corrected chi connectivity index (χ3v) is 3.60. The number of methoxy groups -OCH3 is 3. The fourth-order valence-corrected chi connectivity index (χ4v) is 2.44. The van der Waals surface area contributed by atoms with Gasteiger partial charge in [-0.3, -0.25) is 4.79 Å². The standard InChI is InChI=1S/C18H22N2O4/c1-22-15-9-6-13(17(23-2)18(15)24-3)11-20-14-7-4-12(5-8-14)10-16(19)21/h4-9,20H,10-11H2,1-3H3,(H2,19,21). The molecule has 128 valence electrons. The lowest BCUT2D eigenvalue weighted by atomic mass is 10.1. The molecule has 3 N–H and O–H groups in total. The minimum Gasteiger partial charge on any atom is -0.493 e. The average Bonchev–Trinajstić information content (AvgIpc) is 2.59. The van der Waals surface area contributed by atoms with Crippen molar-refractivity contribution in [2.75, 3.05) is 26.6 Å². The van der Waals surface area contributed by atoms with E-state index in [1.54, 1.807) is 21.3 Å². The lowest BCUT2D eigenvalue weighted by molar-refractivity contribution is -0.117. The average molecular weight is 330 g/mol. The summed E-state index contributed by atoms with van der Waals surface area (Å²) >= 11 is 0. The van der Waals surface area contributed by atoms with Crippen molar-refractivity contribution in [1.82, 2.24) is 0 Å². The van der Waals surface area contributed by atoms with Gasteiger partial charge in [0, 0.05) is 17.8 Å². The molecule has 1 amide bonds. The minimum atomic E-state index is -0.342. The second-order valence-corrected chi connectivity index (χ2v) is 5.19. The lowest BCUT2D eigenvalue weighted by Gasteiger charge is -2.16. The molecule has 0 saturated carbocycles. The number of primary amides is 1. The van der Waals surface area contributed by atoms with Crippen molar-refractivity contribution < 1.29 is 19.0 Å². The number of benzene rings is 2. The van der Waals surface area contributed by atoms with E-state index in [0.717, 1.165) is 16.8 Å². The van der Waals surface area contributed by atoms with E-state index in [-0.39, 0.29) is 12.3 Å². The first-order valence-corrected chi connectivity index (χ1v) is 7.48. The van der Waals surface area contributed by atoms with Gasteiger partial charge in [0.2, 0.25) is 11.7 Å². The quantitative estimate of drug-likeness (QED) is 0.776. The molecule has 0 saturated heterocycles. The van der Waals surface area contributed by atoms with Crippen LogP contribution in [0.1, 0.15) is 11.1 Å². The van der Waals surface area contributed by atoms with Crippen LogP contribution in [0.5, 0.6) is 17.2 Å². The largest absolute Gasteiger partial charge is 0.493 e. The molecule has 6 heteroatoms. The van der Waals surface area contributed by atoms with Gasteiger partial charge in [-0.05, 0) is 29.8 Å². The number of amides is 1. The Labute approximate surface area is 141 Å². The zero-order valence-corrected chi connectivity index (χ0v) is 14.1. The highest BCUT2D eigenvalue weighted by Gasteiger charge is 2.15. The van der Waals surface area contributed by atoms with Crippen molar-refractivity contribution in [3.8, 4) is 17.2 Å². The zero-order chi connectivity index (χ0) is 17.5. The smallest absolute Gasteiger partial charge is 0.221 e. The van der Waals surface area contributed by atoms with Gasteiger partial charge in [-0.2, -0.15) is 0 Å². The van der Waals surface area contributed by atoms with Crippen LogP contribution < -0.4 is 25.3 Å². The highest BCUT2D eigenvalue weighted by molar-refractivity contribution is 5.76. The van der Waals surface area contributed by atoms with E-state index >= 15 is 0 Å². The number of nitrogens with one attached hydrogen (secondary N) is 1. The van der Waals surface area contributed by atoms with Crippen molar-refractivity contribution in [1.29, 1.82) is 0 Å². The van der Waals surface area contributed by atoms with Gasteiger partial charge in [-0.15, -0.1) is 0 Å². The van der Waals surface area contributed by atoms with Gasteiger partial charge < -0.3 is 25.3 Å². The zero-order valence-electron chi connectivity index (χ0n) is 14.1. The molecule has 0 aliphatic rings. The van der Waals surface area contributed by atoms with E-state index in [2.05, 4.69) is 5.32 Å². The van der Waals surface area contributed by atoms with Crippen LogP contribution in [-0.4, -0.2) is 27.2 Å². The maximum atomic E-state index is 10.9. The van der Waals surface area contributed by atoms with Crippen LogP contribution in [0.2, 0.25) is 0 Å². The van der Waals surface area contributed by atoms with E-state index in [4.69, 9.17) is 19.9 Å². The maximum absolute atomic E-state index is 10.9. The van der Waals surface area contributed by atoms with E-state index < -0.39 is 0 Å². The molecule has 0 atom stereocenters. The van der Waals surface area contributed by atoms with Crippen LogP contribution >= 0.6 is 0 Å². The van der Waals surface area contributed by atoms with Gasteiger partial charge >= 0.3 is 0 Å². The number of anilines is 1. The Kier molecular flexibility index (Phi) is 5.89. The normalized spacial score (nSPS) is 10.1. The van der Waals surface area contributed by atoms with Crippen LogP contribution in [0.4, 0.5) is 5.69 Å². The van der Waals surface area contributed by atoms with E-state index in [1.165, 1.54) is 0 Å². The minimum absolute atomic E-state index is 0.240. The SMILES string of the molecule is COc1ccc(CNc2ccc(CC(N)=O)cc2)c(OC)c1OC. The van der Waals surface area contributed by atoms with Gasteiger partial charge in [0.15, 0.2) is 11.5 Å². The predicted molar refractivity (Wildman–Crippen MR) is 92.8 cm³/mol. The summed E-state index contributed by atoms with van der Waals surface area (Å²) in [5, 5.41) is 3.31. The highest BCUT2D eigenvalue weighted by Crippen LogP contribution is 2.39. The van der Waals surface area contributed by atoms with Crippen molar-refractivity contribution in [3.05, 3.63) is 47.5 Å². The molecule has 0 fully saturated rings. The number of carbonyl (C=O) groups is 1. The molecule has 2 rings (SSSR count). The molecular formula is C18H22N2O4. The Balaban J connectivity index is 2.12. The third-order valence-electron chi connectivity index (χ3n) is 3.60. The summed E-state index contributed by atoms with van der Waals surface area (Å²) < 4.78 is 16.1. The first kappa shape index (κ1) is 17.5. The summed E-state index contributed by atoms with van der Waals surface area (Å²) in [5.41, 5.74) is 7.95. The summed E-state index contributed by atoms with van der Waals surface area (Å²) in [6.07, 6.45) is 0.240. The number of nitrogens with two attached hydrogens (primary N) is 1. The van der Waals surface area contributed by atoms with Crippen molar-refractivity contribution >= 4 is 11.6 Å². The fraction of sp³-hybridized carbons (Fsp3) is 0.278. The van der Waals surface area contributed by atoms with Crippen LogP contribution in [0.3, 0.4) is 0 Å². The molecule has 0 aromatic heterocycles. The number of carbonyl (C=O) groups excluding carboxylic acids is 1. The summed E-state index contributed by atoms with van der Waals surface area (Å²) in [6, 6.07) is 11.3. The van der Waals surface area contributed by atoms with Gasteiger partial charge in [0.25, 0.3) is 0 Å². The number of hydrogen-bond acceptors (Lipinski definition) is 5. The Morgan fingerprint density at radius 3 is 2.17 bits per heavy atom. The summed E-state index contributed by atoms with van der Waals surface area (Å²) in [6.45, 7) is 0.554. The first-order chi connectivity index (χ1) is 11.6. The number of ether oxygens (including phenoxy) is 3. The molecule has 0 heterocycles. The molecule has 2 aromatic carbocycles. The van der Waals surface area contributed by atoms with Crippen molar-refractivity contribution in [2.24, 2.45) is 5.73 Å². The second-order valence-electron chi connectivity index (χ2n) is 5.19. The van der Waals surface area contributed by atoms with Gasteiger partial charge in [0.05, 0.1) is 27.8 Å². The van der Waals surface area contributed by atoms with Crippen molar-refractivity contribution in [2.45, 2.75) is 13.0 Å². The molecule has 6 nitrogen and oxygen atoms in total. The van der Waals surface area contributed by atoms with Gasteiger partial charge in [0.1, 0.15) is 0 Å².